The molecule has 7 heteroatoms. The summed E-state index contributed by atoms with van der Waals surface area (Å²) in [6, 6.07) is 16.6. The van der Waals surface area contributed by atoms with Gasteiger partial charge in [-0.15, -0.1) is 0 Å². The van der Waals surface area contributed by atoms with Gasteiger partial charge in [0.25, 0.3) is 0 Å². The summed E-state index contributed by atoms with van der Waals surface area (Å²) in [5.74, 6) is -0.325. The summed E-state index contributed by atoms with van der Waals surface area (Å²) in [5, 5.41) is 0. The Hall–Kier alpha value is -3.09. The smallest absolute Gasteiger partial charge is 0.423 e. The molecule has 146 valence electrons. The fourth-order valence-electron chi connectivity index (χ4n) is 2.68. The van der Waals surface area contributed by atoms with Crippen molar-refractivity contribution in [2.75, 3.05) is 11.4 Å². The highest BCUT2D eigenvalue weighted by Gasteiger charge is 2.36. The summed E-state index contributed by atoms with van der Waals surface area (Å²) < 4.78 is 45.6. The van der Waals surface area contributed by atoms with Gasteiger partial charge in [-0.2, -0.15) is 18.2 Å². The monoisotopic (exact) mass is 387 g/mol. The van der Waals surface area contributed by atoms with Crippen LogP contribution in [0.1, 0.15) is 23.6 Å². The van der Waals surface area contributed by atoms with Crippen LogP contribution < -0.4 is 9.64 Å². The van der Waals surface area contributed by atoms with Crippen molar-refractivity contribution in [3.8, 4) is 5.88 Å². The third-order valence-corrected chi connectivity index (χ3v) is 4.17. The minimum atomic E-state index is -4.61. The first-order valence-electron chi connectivity index (χ1n) is 8.83. The van der Waals surface area contributed by atoms with E-state index in [4.69, 9.17) is 4.74 Å². The Labute approximate surface area is 161 Å². The van der Waals surface area contributed by atoms with Gasteiger partial charge in [0.2, 0.25) is 11.8 Å². The zero-order valence-electron chi connectivity index (χ0n) is 15.6. The number of aryl methyl sites for hydroxylation is 1. The van der Waals surface area contributed by atoms with Crippen molar-refractivity contribution in [3.05, 3.63) is 77.5 Å². The van der Waals surface area contributed by atoms with E-state index in [1.165, 1.54) is 0 Å². The predicted octanol–water partition coefficient (Wildman–Crippen LogP) is 5.54. The molecule has 0 spiro atoms. The highest BCUT2D eigenvalue weighted by molar-refractivity contribution is 5.58. The maximum Gasteiger partial charge on any atom is 0.423 e. The first-order valence-corrected chi connectivity index (χ1v) is 8.83. The van der Waals surface area contributed by atoms with E-state index in [-0.39, 0.29) is 12.6 Å². The molecule has 3 rings (SSSR count). The van der Waals surface area contributed by atoms with Crippen LogP contribution in [-0.4, -0.2) is 16.5 Å². The number of hydrogen-bond acceptors (Lipinski definition) is 4. The van der Waals surface area contributed by atoms with Gasteiger partial charge in [0.1, 0.15) is 12.2 Å². The topological polar surface area (TPSA) is 38.2 Å². The average molecular weight is 387 g/mol. The lowest BCUT2D eigenvalue weighted by atomic mass is 10.2. The van der Waals surface area contributed by atoms with Crippen molar-refractivity contribution in [2.45, 2.75) is 26.6 Å². The van der Waals surface area contributed by atoms with Gasteiger partial charge in [-0.1, -0.05) is 48.0 Å². The van der Waals surface area contributed by atoms with Crippen molar-refractivity contribution in [2.24, 2.45) is 0 Å². The van der Waals surface area contributed by atoms with Gasteiger partial charge in [0.15, 0.2) is 0 Å². The average Bonchev–Trinajstić information content (AvgIpc) is 2.68. The standard InChI is InChI=1S/C21H20F3N3O/c1-3-27(17-11-9-15(2)10-12-17)20-25-13-18(21(22,23)24)19(26-20)28-14-16-7-5-4-6-8-16/h4-13H,3,14H2,1-2H3. The quantitative estimate of drug-likeness (QED) is 0.557. The number of benzene rings is 2. The number of alkyl halides is 3. The number of hydrogen-bond donors (Lipinski definition) is 0. The van der Waals surface area contributed by atoms with Crippen molar-refractivity contribution >= 4 is 11.6 Å². The summed E-state index contributed by atoms with van der Waals surface area (Å²) in [6.45, 7) is 4.32. The third kappa shape index (κ3) is 4.60. The molecule has 0 atom stereocenters. The summed E-state index contributed by atoms with van der Waals surface area (Å²) in [6.07, 6.45) is -3.83. The van der Waals surface area contributed by atoms with Crippen LogP contribution in [0.4, 0.5) is 24.8 Å². The molecule has 0 aliphatic rings. The van der Waals surface area contributed by atoms with Crippen LogP contribution in [0.3, 0.4) is 0 Å². The van der Waals surface area contributed by atoms with Crippen LogP contribution in [0.25, 0.3) is 0 Å². The fraction of sp³-hybridized carbons (Fsp3) is 0.238. The predicted molar refractivity (Wildman–Crippen MR) is 102 cm³/mol. The molecule has 0 amide bonds. The first-order chi connectivity index (χ1) is 13.4. The molecule has 3 aromatic rings. The van der Waals surface area contributed by atoms with Crippen LogP contribution in [-0.2, 0) is 12.8 Å². The van der Waals surface area contributed by atoms with Gasteiger partial charge in [-0.25, -0.2) is 4.98 Å². The van der Waals surface area contributed by atoms with Crippen molar-refractivity contribution in [3.63, 3.8) is 0 Å². The SMILES string of the molecule is CCN(c1ccc(C)cc1)c1ncc(C(F)(F)F)c(OCc2ccccc2)n1. The molecule has 0 N–H and O–H groups in total. The van der Waals surface area contributed by atoms with E-state index in [0.29, 0.717) is 6.54 Å². The Bertz CT molecular complexity index is 912. The zero-order chi connectivity index (χ0) is 20.1. The number of aromatic nitrogens is 2. The minimum absolute atomic E-state index is 0.0168. The first kappa shape index (κ1) is 19.7. The Kier molecular flexibility index (Phi) is 5.82. The molecule has 0 aliphatic carbocycles. The number of ether oxygens (including phenoxy) is 1. The molecule has 28 heavy (non-hydrogen) atoms. The molecule has 1 heterocycles. The van der Waals surface area contributed by atoms with Crippen LogP contribution in [0.15, 0.2) is 60.8 Å². The van der Waals surface area contributed by atoms with E-state index in [0.717, 1.165) is 23.0 Å². The minimum Gasteiger partial charge on any atom is -0.472 e. The molecule has 4 nitrogen and oxygen atoms in total. The van der Waals surface area contributed by atoms with Crippen LogP contribution >= 0.6 is 0 Å². The Morgan fingerprint density at radius 1 is 1.00 bits per heavy atom. The molecule has 0 unspecified atom stereocenters. The molecule has 0 saturated heterocycles. The van der Waals surface area contributed by atoms with Crippen molar-refractivity contribution in [1.82, 2.24) is 9.97 Å². The van der Waals surface area contributed by atoms with Gasteiger partial charge >= 0.3 is 6.18 Å². The van der Waals surface area contributed by atoms with Gasteiger partial charge in [0.05, 0.1) is 0 Å². The van der Waals surface area contributed by atoms with E-state index >= 15 is 0 Å². The lowest BCUT2D eigenvalue weighted by molar-refractivity contribution is -0.139. The molecule has 2 aromatic carbocycles. The molecular weight excluding hydrogens is 367 g/mol. The van der Waals surface area contributed by atoms with Gasteiger partial charge < -0.3 is 9.64 Å². The zero-order valence-corrected chi connectivity index (χ0v) is 15.6. The molecule has 0 saturated carbocycles. The maximum atomic E-state index is 13.4. The van der Waals surface area contributed by atoms with E-state index in [1.54, 1.807) is 29.2 Å². The summed E-state index contributed by atoms with van der Waals surface area (Å²) in [5.41, 5.74) is 1.63. The third-order valence-electron chi connectivity index (χ3n) is 4.17. The summed E-state index contributed by atoms with van der Waals surface area (Å²) in [4.78, 5) is 9.77. The largest absolute Gasteiger partial charge is 0.472 e. The van der Waals surface area contributed by atoms with Gasteiger partial charge in [-0.3, -0.25) is 0 Å². The second-order valence-electron chi connectivity index (χ2n) is 6.24. The molecule has 0 bridgehead atoms. The molecule has 0 aliphatic heterocycles. The second kappa shape index (κ2) is 8.29. The van der Waals surface area contributed by atoms with Crippen LogP contribution in [0, 0.1) is 6.92 Å². The maximum absolute atomic E-state index is 13.4. The molecular formula is C21H20F3N3O. The van der Waals surface area contributed by atoms with Gasteiger partial charge in [0, 0.05) is 18.4 Å². The lowest BCUT2D eigenvalue weighted by Gasteiger charge is -2.22. The van der Waals surface area contributed by atoms with E-state index in [1.807, 2.05) is 44.2 Å². The normalized spacial score (nSPS) is 11.3. The van der Waals surface area contributed by atoms with Crippen LogP contribution in [0.5, 0.6) is 5.88 Å². The summed E-state index contributed by atoms with van der Waals surface area (Å²) >= 11 is 0. The highest BCUT2D eigenvalue weighted by atomic mass is 19.4. The highest BCUT2D eigenvalue weighted by Crippen LogP contribution is 2.36. The van der Waals surface area contributed by atoms with E-state index in [9.17, 15) is 13.2 Å². The van der Waals surface area contributed by atoms with E-state index in [2.05, 4.69) is 9.97 Å². The van der Waals surface area contributed by atoms with E-state index < -0.39 is 17.6 Å². The number of halogens is 3. The van der Waals surface area contributed by atoms with Gasteiger partial charge in [-0.05, 0) is 31.5 Å². The van der Waals surface area contributed by atoms with Crippen molar-refractivity contribution in [1.29, 1.82) is 0 Å². The lowest BCUT2D eigenvalue weighted by Crippen LogP contribution is -2.20. The molecule has 0 radical (unpaired) electrons. The molecule has 0 fully saturated rings. The van der Waals surface area contributed by atoms with Crippen molar-refractivity contribution < 1.29 is 17.9 Å². The Balaban J connectivity index is 1.95. The number of rotatable bonds is 6. The Morgan fingerprint density at radius 3 is 2.29 bits per heavy atom. The van der Waals surface area contributed by atoms with Crippen LogP contribution in [0.2, 0.25) is 0 Å². The Morgan fingerprint density at radius 2 is 1.68 bits per heavy atom. The molecule has 1 aromatic heterocycles. The fourth-order valence-corrected chi connectivity index (χ4v) is 2.68. The second-order valence-corrected chi connectivity index (χ2v) is 6.24. The number of anilines is 2. The number of nitrogens with zero attached hydrogens (tertiary/aromatic N) is 3. The summed E-state index contributed by atoms with van der Waals surface area (Å²) in [7, 11) is 0.